The molecule has 0 aromatic carbocycles. The summed E-state index contributed by atoms with van der Waals surface area (Å²) < 4.78 is 0. The van der Waals surface area contributed by atoms with Gasteiger partial charge in [0.15, 0.2) is 0 Å². The number of allylic oxidation sites excluding steroid dienone is 2. The Hall–Kier alpha value is -1.06. The lowest BCUT2D eigenvalue weighted by Crippen LogP contribution is -2.08. The van der Waals surface area contributed by atoms with Crippen LogP contribution in [0.2, 0.25) is 0 Å². The molecule has 22 heavy (non-hydrogen) atoms. The number of hydrogen-bond acceptors (Lipinski definition) is 3. The second-order valence-electron chi connectivity index (χ2n) is 6.48. The Kier molecular flexibility index (Phi) is 10.8. The fraction of sp³-hybridized carbons (Fsp3) is 0.889. The summed E-state index contributed by atoms with van der Waals surface area (Å²) in [6.45, 7) is 2.25. The minimum absolute atomic E-state index is 0.646. The maximum Gasteiger partial charge on any atom is 0.299 e. The first-order valence-corrected chi connectivity index (χ1v) is 9.27. The van der Waals surface area contributed by atoms with E-state index in [-0.39, 0.29) is 0 Å². The molecule has 1 aliphatic carbocycles. The minimum Gasteiger partial charge on any atom is -0.281 e. The molecule has 0 saturated carbocycles. The van der Waals surface area contributed by atoms with Crippen LogP contribution in [0.15, 0.2) is 11.3 Å². The Morgan fingerprint density at radius 2 is 1.45 bits per heavy atom. The van der Waals surface area contributed by atoms with Gasteiger partial charge in [0.25, 0.3) is 5.09 Å². The minimum atomic E-state index is -0.654. The highest BCUT2D eigenvalue weighted by molar-refractivity contribution is 5.11. The normalized spacial score (nSPS) is 15.1. The number of unbranched alkanes of at least 4 members (excludes halogenated alkanes) is 9. The summed E-state index contributed by atoms with van der Waals surface area (Å²) in [5.74, 6) is 0.646. The Morgan fingerprint density at radius 3 is 2.05 bits per heavy atom. The molecule has 0 bridgehead atoms. The van der Waals surface area contributed by atoms with Gasteiger partial charge in [0.2, 0.25) is 0 Å². The molecule has 0 unspecified atom stereocenters. The molecule has 0 fully saturated rings. The fourth-order valence-corrected chi connectivity index (χ4v) is 3.23. The third kappa shape index (κ3) is 9.06. The molecule has 0 heterocycles. The van der Waals surface area contributed by atoms with E-state index in [1.807, 2.05) is 0 Å². The third-order valence-corrected chi connectivity index (χ3v) is 4.54. The summed E-state index contributed by atoms with van der Waals surface area (Å²) >= 11 is 0. The molecule has 0 N–H and O–H groups in total. The van der Waals surface area contributed by atoms with Gasteiger partial charge in [-0.1, -0.05) is 64.7 Å². The first-order valence-electron chi connectivity index (χ1n) is 9.27. The van der Waals surface area contributed by atoms with E-state index >= 15 is 0 Å². The van der Waals surface area contributed by atoms with Gasteiger partial charge in [0.05, 0.1) is 0 Å². The van der Waals surface area contributed by atoms with Gasteiger partial charge in [0, 0.05) is 0 Å². The standard InChI is InChI=1S/C18H33NO3/c1-2-3-4-5-6-7-8-9-10-11-14-17-15-12-13-16-18(17)22-19(20)21/h2-16H2,1H3. The van der Waals surface area contributed by atoms with Crippen molar-refractivity contribution in [1.82, 2.24) is 0 Å². The van der Waals surface area contributed by atoms with E-state index < -0.39 is 5.09 Å². The van der Waals surface area contributed by atoms with E-state index in [0.29, 0.717) is 5.76 Å². The van der Waals surface area contributed by atoms with E-state index in [4.69, 9.17) is 4.84 Å². The molecule has 1 aliphatic rings. The topological polar surface area (TPSA) is 52.4 Å². The molecule has 4 nitrogen and oxygen atoms in total. The molecule has 0 aromatic heterocycles. The van der Waals surface area contributed by atoms with Crippen LogP contribution in [0.25, 0.3) is 0 Å². The zero-order valence-corrected chi connectivity index (χ0v) is 14.3. The molecule has 0 spiro atoms. The summed E-state index contributed by atoms with van der Waals surface area (Å²) in [7, 11) is 0. The largest absolute Gasteiger partial charge is 0.299 e. The van der Waals surface area contributed by atoms with E-state index in [9.17, 15) is 10.1 Å². The predicted octanol–water partition coefficient (Wildman–Crippen LogP) is 6.33. The van der Waals surface area contributed by atoms with Crippen LogP contribution in [0.1, 0.15) is 103 Å². The molecule has 4 heteroatoms. The molecule has 0 aromatic rings. The van der Waals surface area contributed by atoms with Gasteiger partial charge in [-0.25, -0.2) is 0 Å². The SMILES string of the molecule is CCCCCCCCCCCCC1=C(O[N+](=O)[O-])CCCC1. The van der Waals surface area contributed by atoms with Crippen molar-refractivity contribution < 1.29 is 9.92 Å². The van der Waals surface area contributed by atoms with Crippen molar-refractivity contribution in [2.45, 2.75) is 103 Å². The summed E-state index contributed by atoms with van der Waals surface area (Å²) in [4.78, 5) is 15.3. The van der Waals surface area contributed by atoms with Crippen molar-refractivity contribution in [3.8, 4) is 0 Å². The lowest BCUT2D eigenvalue weighted by atomic mass is 9.93. The van der Waals surface area contributed by atoms with Crippen molar-refractivity contribution in [3.05, 3.63) is 21.4 Å². The molecule has 0 amide bonds. The Balaban J connectivity index is 2.05. The van der Waals surface area contributed by atoms with Crippen molar-refractivity contribution in [2.24, 2.45) is 0 Å². The summed E-state index contributed by atoms with van der Waals surface area (Å²) in [5, 5.41) is 9.85. The van der Waals surface area contributed by atoms with E-state index in [2.05, 4.69) is 6.92 Å². The van der Waals surface area contributed by atoms with Crippen molar-refractivity contribution >= 4 is 0 Å². The molecule has 0 aliphatic heterocycles. The molecule has 0 saturated heterocycles. The molecule has 0 atom stereocenters. The lowest BCUT2D eigenvalue weighted by Gasteiger charge is -2.18. The van der Waals surface area contributed by atoms with E-state index in [0.717, 1.165) is 38.5 Å². The first kappa shape index (κ1) is 19.0. The van der Waals surface area contributed by atoms with Crippen LogP contribution in [0.4, 0.5) is 0 Å². The Bertz CT molecular complexity index is 339. The Labute approximate surface area is 135 Å². The third-order valence-electron chi connectivity index (χ3n) is 4.54. The number of rotatable bonds is 13. The molecule has 128 valence electrons. The Morgan fingerprint density at radius 1 is 0.909 bits per heavy atom. The highest BCUT2D eigenvalue weighted by Crippen LogP contribution is 2.29. The average Bonchev–Trinajstić information content (AvgIpc) is 2.50. The van der Waals surface area contributed by atoms with Gasteiger partial charge in [-0.3, -0.25) is 4.84 Å². The maximum absolute atomic E-state index is 10.5. The monoisotopic (exact) mass is 311 g/mol. The first-order chi connectivity index (χ1) is 10.7. The fourth-order valence-electron chi connectivity index (χ4n) is 3.23. The van der Waals surface area contributed by atoms with E-state index in [1.165, 1.54) is 63.4 Å². The van der Waals surface area contributed by atoms with Crippen LogP contribution in [0.5, 0.6) is 0 Å². The van der Waals surface area contributed by atoms with Gasteiger partial charge in [0.1, 0.15) is 5.76 Å². The van der Waals surface area contributed by atoms with Gasteiger partial charge >= 0.3 is 0 Å². The highest BCUT2D eigenvalue weighted by Gasteiger charge is 2.15. The number of nitrogens with zero attached hydrogens (tertiary/aromatic N) is 1. The maximum atomic E-state index is 10.5. The van der Waals surface area contributed by atoms with Gasteiger partial charge in [-0.2, -0.15) is 0 Å². The molecular weight excluding hydrogens is 278 g/mol. The second kappa shape index (κ2) is 12.5. The molecule has 1 rings (SSSR count). The van der Waals surface area contributed by atoms with E-state index in [1.54, 1.807) is 0 Å². The quantitative estimate of drug-likeness (QED) is 0.227. The zero-order chi connectivity index (χ0) is 16.0. The molecule has 0 radical (unpaired) electrons. The highest BCUT2D eigenvalue weighted by atomic mass is 17.0. The summed E-state index contributed by atoms with van der Waals surface area (Å²) in [6.07, 6.45) is 18.1. The van der Waals surface area contributed by atoms with Crippen LogP contribution < -0.4 is 0 Å². The van der Waals surface area contributed by atoms with Crippen LogP contribution >= 0.6 is 0 Å². The molecular formula is C18H33NO3. The van der Waals surface area contributed by atoms with Crippen LogP contribution in [0.3, 0.4) is 0 Å². The van der Waals surface area contributed by atoms with Gasteiger partial charge in [-0.05, 0) is 44.1 Å². The lowest BCUT2D eigenvalue weighted by molar-refractivity contribution is -0.743. The van der Waals surface area contributed by atoms with Crippen LogP contribution in [-0.4, -0.2) is 5.09 Å². The smallest absolute Gasteiger partial charge is 0.281 e. The van der Waals surface area contributed by atoms with Gasteiger partial charge < -0.3 is 0 Å². The summed E-state index contributed by atoms with van der Waals surface area (Å²) in [6, 6.07) is 0. The van der Waals surface area contributed by atoms with Crippen molar-refractivity contribution in [2.75, 3.05) is 0 Å². The summed E-state index contributed by atoms with van der Waals surface area (Å²) in [5.41, 5.74) is 1.20. The average molecular weight is 311 g/mol. The number of hydrogen-bond donors (Lipinski definition) is 0. The van der Waals surface area contributed by atoms with Crippen molar-refractivity contribution in [3.63, 3.8) is 0 Å². The van der Waals surface area contributed by atoms with Gasteiger partial charge in [-0.15, -0.1) is 10.1 Å². The van der Waals surface area contributed by atoms with Crippen molar-refractivity contribution in [1.29, 1.82) is 0 Å². The van der Waals surface area contributed by atoms with Crippen LogP contribution in [-0.2, 0) is 4.84 Å². The zero-order valence-electron chi connectivity index (χ0n) is 14.3. The second-order valence-corrected chi connectivity index (χ2v) is 6.48. The van der Waals surface area contributed by atoms with Crippen LogP contribution in [0, 0.1) is 10.1 Å². The predicted molar refractivity (Wildman–Crippen MR) is 90.0 cm³/mol.